The van der Waals surface area contributed by atoms with Crippen molar-refractivity contribution in [2.24, 2.45) is 0 Å². The molecule has 4 nitrogen and oxygen atoms in total. The van der Waals surface area contributed by atoms with E-state index in [9.17, 15) is 0 Å². The lowest BCUT2D eigenvalue weighted by atomic mass is 10.1. The minimum absolute atomic E-state index is 0.507. The molecule has 0 saturated carbocycles. The lowest BCUT2D eigenvalue weighted by Crippen LogP contribution is -2.00. The van der Waals surface area contributed by atoms with Gasteiger partial charge in [-0.1, -0.05) is 11.6 Å². The van der Waals surface area contributed by atoms with Crippen LogP contribution in [0.5, 0.6) is 11.6 Å². The maximum atomic E-state index is 6.13. The molecule has 19 heavy (non-hydrogen) atoms. The fourth-order valence-electron chi connectivity index (χ4n) is 1.76. The van der Waals surface area contributed by atoms with Crippen LogP contribution in [0.15, 0.2) is 24.5 Å². The van der Waals surface area contributed by atoms with Crippen LogP contribution in [0.2, 0.25) is 5.02 Å². The molecule has 0 saturated heterocycles. The minimum Gasteiger partial charge on any atom is -0.439 e. The molecule has 0 aliphatic carbocycles. The smallest absolute Gasteiger partial charge is 0.224 e. The van der Waals surface area contributed by atoms with E-state index in [1.807, 2.05) is 32.9 Å². The predicted molar refractivity (Wildman–Crippen MR) is 77.2 cm³/mol. The Morgan fingerprint density at radius 3 is 2.47 bits per heavy atom. The number of aromatic nitrogens is 2. The van der Waals surface area contributed by atoms with Gasteiger partial charge in [0.1, 0.15) is 17.9 Å². The van der Waals surface area contributed by atoms with Crippen molar-refractivity contribution in [1.82, 2.24) is 9.97 Å². The third-order valence-corrected chi connectivity index (χ3v) is 3.23. The first-order valence-electron chi connectivity index (χ1n) is 6.10. The van der Waals surface area contributed by atoms with Gasteiger partial charge in [-0.25, -0.2) is 9.97 Å². The van der Waals surface area contributed by atoms with Crippen molar-refractivity contribution in [3.05, 3.63) is 40.7 Å². The summed E-state index contributed by atoms with van der Waals surface area (Å²) in [6.07, 6.45) is 1.48. The molecule has 0 atom stereocenters. The molecule has 0 amide bonds. The van der Waals surface area contributed by atoms with E-state index in [-0.39, 0.29) is 0 Å². The topological polar surface area (TPSA) is 47.0 Å². The quantitative estimate of drug-likeness (QED) is 0.918. The summed E-state index contributed by atoms with van der Waals surface area (Å²) in [5, 5.41) is 3.88. The molecule has 5 heteroatoms. The number of benzene rings is 1. The van der Waals surface area contributed by atoms with E-state index in [0.717, 1.165) is 34.3 Å². The Balaban J connectivity index is 2.23. The SMILES string of the molecule is CCNc1cc(Oc2cc(C)c(Cl)c(C)c2)ncn1. The summed E-state index contributed by atoms with van der Waals surface area (Å²) in [4.78, 5) is 8.19. The number of ether oxygens (including phenoxy) is 1. The van der Waals surface area contributed by atoms with Gasteiger partial charge in [-0.15, -0.1) is 0 Å². The predicted octanol–water partition coefficient (Wildman–Crippen LogP) is 3.97. The number of aryl methyl sites for hydroxylation is 2. The number of nitrogens with zero attached hydrogens (tertiary/aromatic N) is 2. The van der Waals surface area contributed by atoms with Crippen molar-refractivity contribution < 1.29 is 4.74 Å². The van der Waals surface area contributed by atoms with Crippen LogP contribution in [0.1, 0.15) is 18.1 Å². The van der Waals surface area contributed by atoms with E-state index in [1.54, 1.807) is 6.07 Å². The van der Waals surface area contributed by atoms with Crippen molar-refractivity contribution in [1.29, 1.82) is 0 Å². The van der Waals surface area contributed by atoms with Gasteiger partial charge >= 0.3 is 0 Å². The molecule has 0 fully saturated rings. The highest BCUT2D eigenvalue weighted by Gasteiger charge is 2.06. The van der Waals surface area contributed by atoms with Crippen LogP contribution in [0.25, 0.3) is 0 Å². The first-order valence-corrected chi connectivity index (χ1v) is 6.48. The average Bonchev–Trinajstić information content (AvgIpc) is 2.37. The number of halogens is 1. The van der Waals surface area contributed by atoms with Gasteiger partial charge in [0, 0.05) is 17.6 Å². The fraction of sp³-hybridized carbons (Fsp3) is 0.286. The average molecular weight is 278 g/mol. The molecule has 0 spiro atoms. The molecule has 0 aliphatic heterocycles. The summed E-state index contributed by atoms with van der Waals surface area (Å²) < 4.78 is 5.73. The maximum Gasteiger partial charge on any atom is 0.224 e. The van der Waals surface area contributed by atoms with Gasteiger partial charge in [0.2, 0.25) is 5.88 Å². The third kappa shape index (κ3) is 3.35. The van der Waals surface area contributed by atoms with Crippen LogP contribution in [0.3, 0.4) is 0 Å². The molecule has 0 bridgehead atoms. The highest BCUT2D eigenvalue weighted by atomic mass is 35.5. The van der Waals surface area contributed by atoms with Crippen molar-refractivity contribution in [3.63, 3.8) is 0 Å². The normalized spacial score (nSPS) is 10.3. The van der Waals surface area contributed by atoms with Crippen molar-refractivity contribution in [2.45, 2.75) is 20.8 Å². The molecule has 2 aromatic rings. The molecule has 0 aliphatic rings. The molecular weight excluding hydrogens is 262 g/mol. The van der Waals surface area contributed by atoms with Crippen LogP contribution in [0, 0.1) is 13.8 Å². The maximum absolute atomic E-state index is 6.13. The van der Waals surface area contributed by atoms with Crippen molar-refractivity contribution in [2.75, 3.05) is 11.9 Å². The van der Waals surface area contributed by atoms with Gasteiger partial charge in [-0.3, -0.25) is 0 Å². The highest BCUT2D eigenvalue weighted by molar-refractivity contribution is 6.32. The van der Waals surface area contributed by atoms with E-state index in [2.05, 4.69) is 15.3 Å². The van der Waals surface area contributed by atoms with E-state index in [0.29, 0.717) is 5.88 Å². The molecule has 2 rings (SSSR count). The number of hydrogen-bond donors (Lipinski definition) is 1. The van der Waals surface area contributed by atoms with Crippen LogP contribution in [-0.4, -0.2) is 16.5 Å². The van der Waals surface area contributed by atoms with Crippen LogP contribution in [0.4, 0.5) is 5.82 Å². The van der Waals surface area contributed by atoms with Gasteiger partial charge in [-0.05, 0) is 44.0 Å². The molecule has 1 aromatic heterocycles. The Hall–Kier alpha value is -1.81. The molecule has 100 valence electrons. The molecule has 1 heterocycles. The molecular formula is C14H16ClN3O. The number of anilines is 1. The first-order chi connectivity index (χ1) is 9.10. The summed E-state index contributed by atoms with van der Waals surface area (Å²) in [6.45, 7) is 6.71. The first kappa shape index (κ1) is 13.6. The van der Waals surface area contributed by atoms with Gasteiger partial charge in [0.05, 0.1) is 0 Å². The van der Waals surface area contributed by atoms with E-state index < -0.39 is 0 Å². The summed E-state index contributed by atoms with van der Waals surface area (Å²) in [5.74, 6) is 1.97. The zero-order chi connectivity index (χ0) is 13.8. The summed E-state index contributed by atoms with van der Waals surface area (Å²) >= 11 is 6.13. The van der Waals surface area contributed by atoms with E-state index >= 15 is 0 Å². The van der Waals surface area contributed by atoms with Crippen molar-refractivity contribution in [3.8, 4) is 11.6 Å². The number of hydrogen-bond acceptors (Lipinski definition) is 4. The second-order valence-electron chi connectivity index (χ2n) is 4.24. The van der Waals surface area contributed by atoms with Crippen LogP contribution >= 0.6 is 11.6 Å². The zero-order valence-corrected chi connectivity index (χ0v) is 12.0. The number of nitrogens with one attached hydrogen (secondary N) is 1. The summed E-state index contributed by atoms with van der Waals surface area (Å²) in [6, 6.07) is 5.55. The Morgan fingerprint density at radius 2 is 1.84 bits per heavy atom. The molecule has 0 unspecified atom stereocenters. The lowest BCUT2D eigenvalue weighted by Gasteiger charge is -2.09. The monoisotopic (exact) mass is 277 g/mol. The summed E-state index contributed by atoms with van der Waals surface area (Å²) in [7, 11) is 0. The van der Waals surface area contributed by atoms with Gasteiger partial charge < -0.3 is 10.1 Å². The van der Waals surface area contributed by atoms with Crippen LogP contribution < -0.4 is 10.1 Å². The second kappa shape index (κ2) is 5.89. The Bertz CT molecular complexity index is 564. The molecule has 1 N–H and O–H groups in total. The Morgan fingerprint density at radius 1 is 1.16 bits per heavy atom. The molecule has 1 aromatic carbocycles. The standard InChI is InChI=1S/C14H16ClN3O/c1-4-16-12-7-13(18-8-17-12)19-11-5-9(2)14(15)10(3)6-11/h5-8H,4H2,1-3H3,(H,16,17,18). The van der Waals surface area contributed by atoms with Crippen molar-refractivity contribution >= 4 is 17.4 Å². The zero-order valence-electron chi connectivity index (χ0n) is 11.2. The lowest BCUT2D eigenvalue weighted by molar-refractivity contribution is 0.461. The van der Waals surface area contributed by atoms with E-state index in [1.165, 1.54) is 6.33 Å². The fourth-order valence-corrected chi connectivity index (χ4v) is 1.87. The number of rotatable bonds is 4. The van der Waals surface area contributed by atoms with Gasteiger partial charge in [0.25, 0.3) is 0 Å². The Kier molecular flexibility index (Phi) is 4.22. The Labute approximate surface area is 117 Å². The highest BCUT2D eigenvalue weighted by Crippen LogP contribution is 2.28. The molecule has 0 radical (unpaired) electrons. The largest absolute Gasteiger partial charge is 0.439 e. The third-order valence-electron chi connectivity index (χ3n) is 2.63. The second-order valence-corrected chi connectivity index (χ2v) is 4.62. The van der Waals surface area contributed by atoms with Gasteiger partial charge in [0.15, 0.2) is 0 Å². The van der Waals surface area contributed by atoms with Gasteiger partial charge in [-0.2, -0.15) is 0 Å². The summed E-state index contributed by atoms with van der Waals surface area (Å²) in [5.41, 5.74) is 1.97. The van der Waals surface area contributed by atoms with E-state index in [4.69, 9.17) is 16.3 Å². The minimum atomic E-state index is 0.507. The van der Waals surface area contributed by atoms with Crippen LogP contribution in [-0.2, 0) is 0 Å².